The number of ether oxygens (including phenoxy) is 1. The van der Waals surface area contributed by atoms with Crippen LogP contribution in [0.5, 0.6) is 0 Å². The van der Waals surface area contributed by atoms with Crippen molar-refractivity contribution in [2.75, 3.05) is 13.2 Å². The first-order chi connectivity index (χ1) is 11.0. The van der Waals surface area contributed by atoms with E-state index in [1.807, 2.05) is 17.8 Å². The number of aromatic nitrogens is 3. The summed E-state index contributed by atoms with van der Waals surface area (Å²) in [5.74, 6) is 0.828. The number of hydrogen-bond acceptors (Lipinski definition) is 5. The first kappa shape index (κ1) is 16.4. The van der Waals surface area contributed by atoms with Gasteiger partial charge in [-0.15, -0.1) is 0 Å². The first-order valence-electron chi connectivity index (χ1n) is 7.16. The number of nitrogens with one attached hydrogen (secondary N) is 1. The molecule has 0 unspecified atom stereocenters. The number of nitrogens with zero attached hydrogens (tertiary/aromatic N) is 3. The Labute approximate surface area is 139 Å². The number of hydrogen-bond donors (Lipinski definition) is 1. The smallest absolute Gasteiger partial charge is 0.242 e. The van der Waals surface area contributed by atoms with E-state index in [1.54, 1.807) is 6.20 Å². The van der Waals surface area contributed by atoms with Crippen molar-refractivity contribution in [2.45, 2.75) is 17.4 Å². The van der Waals surface area contributed by atoms with Gasteiger partial charge in [0, 0.05) is 50.9 Å². The summed E-state index contributed by atoms with van der Waals surface area (Å²) in [5.41, 5.74) is 0. The Morgan fingerprint density at radius 2 is 2.30 bits per heavy atom. The first-order valence-corrected chi connectivity index (χ1v) is 9.02. The molecule has 0 aliphatic carbocycles. The fourth-order valence-electron chi connectivity index (χ4n) is 2.62. The van der Waals surface area contributed by atoms with Crippen LogP contribution < -0.4 is 4.72 Å². The molecule has 9 heteroatoms. The lowest BCUT2D eigenvalue weighted by Gasteiger charge is -2.18. The van der Waals surface area contributed by atoms with Gasteiger partial charge in [-0.3, -0.25) is 4.98 Å². The fraction of sp³-hybridized carbons (Fsp3) is 0.429. The van der Waals surface area contributed by atoms with Crippen LogP contribution in [0.25, 0.3) is 0 Å². The Bertz CT molecular complexity index is 793. The summed E-state index contributed by atoms with van der Waals surface area (Å²) < 4.78 is 34.9. The normalized spacial score (nSPS) is 21.7. The van der Waals surface area contributed by atoms with Crippen molar-refractivity contribution >= 4 is 21.6 Å². The van der Waals surface area contributed by atoms with Crippen LogP contribution in [0.4, 0.5) is 0 Å². The summed E-state index contributed by atoms with van der Waals surface area (Å²) in [4.78, 5) is 8.16. The Balaban J connectivity index is 1.71. The average Bonchev–Trinajstić information content (AvgIpc) is 3.13. The molecular weight excluding hydrogens is 340 g/mol. The van der Waals surface area contributed by atoms with E-state index in [0.29, 0.717) is 6.61 Å². The van der Waals surface area contributed by atoms with Crippen LogP contribution in [0.2, 0.25) is 5.02 Å². The standard InChI is InChI=1S/C14H17ClN4O3S/c1-19-4-3-17-14(19)13-10(2-5-22-13)7-18-23(20,21)12-6-11(15)8-16-9-12/h3-4,6,8-10,13,18H,2,5,7H2,1H3/t10-,13+/m0/s1. The summed E-state index contributed by atoms with van der Waals surface area (Å²) in [5, 5.41) is 0.281. The SMILES string of the molecule is Cn1ccnc1[C@@H]1OCC[C@H]1CNS(=O)(=O)c1cncc(Cl)c1. The van der Waals surface area contributed by atoms with Gasteiger partial charge in [-0.05, 0) is 12.5 Å². The molecule has 3 rings (SSSR count). The molecule has 124 valence electrons. The van der Waals surface area contributed by atoms with Crippen LogP contribution in [0.1, 0.15) is 18.3 Å². The summed E-state index contributed by atoms with van der Waals surface area (Å²) in [6.07, 6.45) is 6.77. The molecule has 0 amide bonds. The lowest BCUT2D eigenvalue weighted by atomic mass is 10.0. The van der Waals surface area contributed by atoms with Gasteiger partial charge in [0.1, 0.15) is 16.8 Å². The molecule has 2 atom stereocenters. The van der Waals surface area contributed by atoms with Crippen LogP contribution in [0.3, 0.4) is 0 Å². The van der Waals surface area contributed by atoms with Gasteiger partial charge in [0.05, 0.1) is 5.02 Å². The summed E-state index contributed by atoms with van der Waals surface area (Å²) in [7, 11) is -1.76. The van der Waals surface area contributed by atoms with Gasteiger partial charge in [-0.25, -0.2) is 18.1 Å². The second-order valence-electron chi connectivity index (χ2n) is 5.43. The molecule has 2 aromatic heterocycles. The Morgan fingerprint density at radius 1 is 1.48 bits per heavy atom. The topological polar surface area (TPSA) is 86.1 Å². The molecule has 0 radical (unpaired) electrons. The molecule has 0 bridgehead atoms. The predicted molar refractivity (Wildman–Crippen MR) is 84.4 cm³/mol. The molecule has 1 aliphatic heterocycles. The van der Waals surface area contributed by atoms with E-state index in [0.717, 1.165) is 12.2 Å². The number of sulfonamides is 1. The van der Waals surface area contributed by atoms with Crippen LogP contribution in [-0.2, 0) is 21.8 Å². The minimum Gasteiger partial charge on any atom is -0.370 e. The van der Waals surface area contributed by atoms with Crippen molar-refractivity contribution in [2.24, 2.45) is 13.0 Å². The van der Waals surface area contributed by atoms with Gasteiger partial charge < -0.3 is 9.30 Å². The molecule has 0 spiro atoms. The van der Waals surface area contributed by atoms with E-state index in [1.165, 1.54) is 18.5 Å². The largest absolute Gasteiger partial charge is 0.370 e. The molecule has 7 nitrogen and oxygen atoms in total. The van der Waals surface area contributed by atoms with E-state index >= 15 is 0 Å². The number of pyridine rings is 1. The highest BCUT2D eigenvalue weighted by molar-refractivity contribution is 7.89. The zero-order valence-electron chi connectivity index (χ0n) is 12.5. The maximum Gasteiger partial charge on any atom is 0.242 e. The number of imidazole rings is 1. The third-order valence-electron chi connectivity index (χ3n) is 3.85. The molecule has 1 N–H and O–H groups in total. The monoisotopic (exact) mass is 356 g/mol. The minimum atomic E-state index is -3.65. The summed E-state index contributed by atoms with van der Waals surface area (Å²) in [6, 6.07) is 1.37. The van der Waals surface area contributed by atoms with Crippen molar-refractivity contribution in [1.82, 2.24) is 19.3 Å². The third-order valence-corrected chi connectivity index (χ3v) is 5.45. The van der Waals surface area contributed by atoms with E-state index in [4.69, 9.17) is 16.3 Å². The Hall–Kier alpha value is -1.48. The second kappa shape index (κ2) is 6.56. The third kappa shape index (κ3) is 3.55. The zero-order valence-corrected chi connectivity index (χ0v) is 14.1. The molecule has 1 aliphatic rings. The Kier molecular flexibility index (Phi) is 4.67. The minimum absolute atomic E-state index is 0.0259. The lowest BCUT2D eigenvalue weighted by Crippen LogP contribution is -2.31. The van der Waals surface area contributed by atoms with Gasteiger partial charge in [0.15, 0.2) is 0 Å². The highest BCUT2D eigenvalue weighted by atomic mass is 35.5. The molecule has 3 heterocycles. The summed E-state index contributed by atoms with van der Waals surface area (Å²) >= 11 is 5.80. The van der Waals surface area contributed by atoms with E-state index < -0.39 is 10.0 Å². The lowest BCUT2D eigenvalue weighted by molar-refractivity contribution is 0.0823. The molecule has 23 heavy (non-hydrogen) atoms. The van der Waals surface area contributed by atoms with Crippen molar-refractivity contribution < 1.29 is 13.2 Å². The van der Waals surface area contributed by atoms with Crippen LogP contribution >= 0.6 is 11.6 Å². The molecular formula is C14H17ClN4O3S. The number of aryl methyl sites for hydroxylation is 1. The highest BCUT2D eigenvalue weighted by Gasteiger charge is 2.33. The van der Waals surface area contributed by atoms with Crippen molar-refractivity contribution in [3.05, 3.63) is 41.7 Å². The fourth-order valence-corrected chi connectivity index (χ4v) is 3.94. The molecule has 0 saturated carbocycles. The van der Waals surface area contributed by atoms with Crippen molar-refractivity contribution in [3.8, 4) is 0 Å². The van der Waals surface area contributed by atoms with Crippen LogP contribution in [-0.4, -0.2) is 36.1 Å². The quantitative estimate of drug-likeness (QED) is 0.877. The maximum absolute atomic E-state index is 12.3. The van der Waals surface area contributed by atoms with Gasteiger partial charge in [-0.2, -0.15) is 0 Å². The number of rotatable bonds is 5. The molecule has 2 aromatic rings. The zero-order chi connectivity index (χ0) is 16.4. The van der Waals surface area contributed by atoms with Gasteiger partial charge in [-0.1, -0.05) is 11.6 Å². The van der Waals surface area contributed by atoms with Gasteiger partial charge in [0.2, 0.25) is 10.0 Å². The average molecular weight is 357 g/mol. The van der Waals surface area contributed by atoms with Crippen molar-refractivity contribution in [1.29, 1.82) is 0 Å². The second-order valence-corrected chi connectivity index (χ2v) is 7.63. The highest BCUT2D eigenvalue weighted by Crippen LogP contribution is 2.33. The van der Waals surface area contributed by atoms with Gasteiger partial charge >= 0.3 is 0 Å². The predicted octanol–water partition coefficient (Wildman–Crippen LogP) is 1.52. The van der Waals surface area contributed by atoms with Crippen molar-refractivity contribution in [3.63, 3.8) is 0 Å². The van der Waals surface area contributed by atoms with Gasteiger partial charge in [0.25, 0.3) is 0 Å². The molecule has 1 fully saturated rings. The van der Waals surface area contributed by atoms with Crippen LogP contribution in [0.15, 0.2) is 35.7 Å². The van der Waals surface area contributed by atoms with E-state index in [2.05, 4.69) is 14.7 Å². The van der Waals surface area contributed by atoms with E-state index in [-0.39, 0.29) is 28.5 Å². The van der Waals surface area contributed by atoms with Crippen LogP contribution in [0, 0.1) is 5.92 Å². The maximum atomic E-state index is 12.3. The molecule has 0 aromatic carbocycles. The molecule has 1 saturated heterocycles. The summed E-state index contributed by atoms with van der Waals surface area (Å²) in [6.45, 7) is 0.856. The number of halogens is 1. The Morgan fingerprint density at radius 3 is 3.00 bits per heavy atom. The van der Waals surface area contributed by atoms with E-state index in [9.17, 15) is 8.42 Å².